The molecule has 0 aliphatic heterocycles. The highest BCUT2D eigenvalue weighted by molar-refractivity contribution is 7.85. The molecule has 12 heavy (non-hydrogen) atoms. The third-order valence-corrected chi connectivity index (χ3v) is 2.36. The standard InChI is InChI=1S/C7H7ClO3S/c1-5-2-6(8)4-7(3-5)12(9,10)11/h2-4H,1H3,(H,9,10,11). The molecule has 0 unspecified atom stereocenters. The van der Waals surface area contributed by atoms with E-state index in [1.165, 1.54) is 12.1 Å². The lowest BCUT2D eigenvalue weighted by atomic mass is 10.2. The zero-order valence-electron chi connectivity index (χ0n) is 6.28. The first-order valence-corrected chi connectivity index (χ1v) is 4.96. The summed E-state index contributed by atoms with van der Waals surface area (Å²) in [4.78, 5) is -0.174. The smallest absolute Gasteiger partial charge is 0.282 e. The molecule has 0 aromatic heterocycles. The van der Waals surface area contributed by atoms with Gasteiger partial charge in [0.1, 0.15) is 0 Å². The molecule has 1 N–H and O–H groups in total. The number of hydrogen-bond donors (Lipinski definition) is 1. The van der Waals surface area contributed by atoms with Crippen molar-refractivity contribution >= 4 is 21.7 Å². The average Bonchev–Trinajstić information content (AvgIpc) is 1.82. The Morgan fingerprint density at radius 3 is 2.33 bits per heavy atom. The van der Waals surface area contributed by atoms with Crippen molar-refractivity contribution in [3.05, 3.63) is 28.8 Å². The first-order valence-electron chi connectivity index (χ1n) is 3.14. The van der Waals surface area contributed by atoms with E-state index < -0.39 is 10.1 Å². The highest BCUT2D eigenvalue weighted by Gasteiger charge is 2.09. The maximum atomic E-state index is 10.6. The molecular formula is C7H7ClO3S. The summed E-state index contributed by atoms with van der Waals surface area (Å²) < 4.78 is 29.9. The van der Waals surface area contributed by atoms with Crippen molar-refractivity contribution in [1.29, 1.82) is 0 Å². The van der Waals surface area contributed by atoms with E-state index in [4.69, 9.17) is 16.2 Å². The summed E-state index contributed by atoms with van der Waals surface area (Å²) in [7, 11) is -4.13. The lowest BCUT2D eigenvalue weighted by Gasteiger charge is -1.99. The van der Waals surface area contributed by atoms with Crippen LogP contribution in [0.2, 0.25) is 5.02 Å². The van der Waals surface area contributed by atoms with Gasteiger partial charge in [0.2, 0.25) is 0 Å². The number of benzene rings is 1. The van der Waals surface area contributed by atoms with Crippen LogP contribution >= 0.6 is 11.6 Å². The minimum absolute atomic E-state index is 0.174. The second-order valence-electron chi connectivity index (χ2n) is 2.44. The fourth-order valence-corrected chi connectivity index (χ4v) is 1.82. The summed E-state index contributed by atoms with van der Waals surface area (Å²) in [6.45, 7) is 1.69. The van der Waals surface area contributed by atoms with Crippen LogP contribution < -0.4 is 0 Å². The lowest BCUT2D eigenvalue weighted by molar-refractivity contribution is 0.483. The van der Waals surface area contributed by atoms with Gasteiger partial charge in [-0.05, 0) is 30.7 Å². The van der Waals surface area contributed by atoms with Crippen LogP contribution in [-0.4, -0.2) is 13.0 Å². The minimum Gasteiger partial charge on any atom is -0.282 e. The number of halogens is 1. The SMILES string of the molecule is Cc1cc(Cl)cc(S(=O)(=O)O)c1. The van der Waals surface area contributed by atoms with Crippen molar-refractivity contribution in [2.75, 3.05) is 0 Å². The Bertz CT molecular complexity index is 377. The van der Waals surface area contributed by atoms with Gasteiger partial charge in [0.25, 0.3) is 10.1 Å². The van der Waals surface area contributed by atoms with Crippen LogP contribution in [0.15, 0.2) is 23.1 Å². The molecule has 1 aromatic rings. The fraction of sp³-hybridized carbons (Fsp3) is 0.143. The van der Waals surface area contributed by atoms with Gasteiger partial charge in [-0.25, -0.2) is 0 Å². The van der Waals surface area contributed by atoms with Crippen LogP contribution in [0.4, 0.5) is 0 Å². The molecule has 0 saturated heterocycles. The molecule has 66 valence electrons. The lowest BCUT2D eigenvalue weighted by Crippen LogP contribution is -1.98. The monoisotopic (exact) mass is 206 g/mol. The maximum absolute atomic E-state index is 10.6. The van der Waals surface area contributed by atoms with Crippen LogP contribution in [0.5, 0.6) is 0 Å². The van der Waals surface area contributed by atoms with Gasteiger partial charge in [-0.2, -0.15) is 8.42 Å². The van der Waals surface area contributed by atoms with Crippen LogP contribution in [-0.2, 0) is 10.1 Å². The molecule has 0 heterocycles. The average molecular weight is 207 g/mol. The molecule has 0 radical (unpaired) electrons. The molecule has 0 spiro atoms. The second kappa shape index (κ2) is 3.05. The van der Waals surface area contributed by atoms with E-state index in [0.717, 1.165) is 0 Å². The largest absolute Gasteiger partial charge is 0.294 e. The maximum Gasteiger partial charge on any atom is 0.294 e. The molecule has 0 bridgehead atoms. The molecular weight excluding hydrogens is 200 g/mol. The molecule has 1 aromatic carbocycles. The summed E-state index contributed by atoms with van der Waals surface area (Å²) in [6, 6.07) is 4.15. The quantitative estimate of drug-likeness (QED) is 0.714. The highest BCUT2D eigenvalue weighted by atomic mass is 35.5. The number of rotatable bonds is 1. The normalized spacial score (nSPS) is 11.6. The van der Waals surface area contributed by atoms with Gasteiger partial charge in [-0.3, -0.25) is 4.55 Å². The molecule has 0 atom stereocenters. The number of hydrogen-bond acceptors (Lipinski definition) is 2. The minimum atomic E-state index is -4.13. The van der Waals surface area contributed by atoms with E-state index in [0.29, 0.717) is 10.6 Å². The van der Waals surface area contributed by atoms with E-state index >= 15 is 0 Å². The Hall–Kier alpha value is -0.580. The zero-order valence-corrected chi connectivity index (χ0v) is 7.85. The molecule has 0 aliphatic rings. The van der Waals surface area contributed by atoms with Crippen LogP contribution in [0.3, 0.4) is 0 Å². The first kappa shape index (κ1) is 9.51. The summed E-state index contributed by atoms with van der Waals surface area (Å²) in [5.41, 5.74) is 0.690. The van der Waals surface area contributed by atoms with E-state index in [1.54, 1.807) is 13.0 Å². The summed E-state index contributed by atoms with van der Waals surface area (Å²) in [5.74, 6) is 0. The van der Waals surface area contributed by atoms with Crippen molar-refractivity contribution < 1.29 is 13.0 Å². The topological polar surface area (TPSA) is 54.4 Å². The van der Waals surface area contributed by atoms with Gasteiger partial charge in [-0.15, -0.1) is 0 Å². The molecule has 5 heteroatoms. The van der Waals surface area contributed by atoms with Crippen molar-refractivity contribution in [2.45, 2.75) is 11.8 Å². The molecule has 1 rings (SSSR count). The third kappa shape index (κ3) is 2.20. The van der Waals surface area contributed by atoms with Crippen LogP contribution in [0.25, 0.3) is 0 Å². The molecule has 0 amide bonds. The van der Waals surface area contributed by atoms with E-state index in [9.17, 15) is 8.42 Å². The van der Waals surface area contributed by atoms with Gasteiger partial charge < -0.3 is 0 Å². The number of aryl methyl sites for hydroxylation is 1. The van der Waals surface area contributed by atoms with Gasteiger partial charge in [0.05, 0.1) is 4.90 Å². The summed E-state index contributed by atoms with van der Waals surface area (Å²) in [6.07, 6.45) is 0. The molecule has 3 nitrogen and oxygen atoms in total. The summed E-state index contributed by atoms with van der Waals surface area (Å²) in [5, 5.41) is 0.294. The van der Waals surface area contributed by atoms with Gasteiger partial charge in [0, 0.05) is 5.02 Å². The van der Waals surface area contributed by atoms with Crippen molar-refractivity contribution in [3.8, 4) is 0 Å². The van der Waals surface area contributed by atoms with Gasteiger partial charge >= 0.3 is 0 Å². The Morgan fingerprint density at radius 2 is 1.92 bits per heavy atom. The Balaban J connectivity index is 3.37. The van der Waals surface area contributed by atoms with Gasteiger partial charge in [0.15, 0.2) is 0 Å². The van der Waals surface area contributed by atoms with Crippen molar-refractivity contribution in [3.63, 3.8) is 0 Å². The van der Waals surface area contributed by atoms with Gasteiger partial charge in [-0.1, -0.05) is 11.6 Å². The highest BCUT2D eigenvalue weighted by Crippen LogP contribution is 2.17. The summed E-state index contributed by atoms with van der Waals surface area (Å²) >= 11 is 5.58. The molecule has 0 fully saturated rings. The zero-order chi connectivity index (χ0) is 9.35. The fourth-order valence-electron chi connectivity index (χ4n) is 0.852. The Kier molecular flexibility index (Phi) is 2.41. The van der Waals surface area contributed by atoms with E-state index in [1.807, 2.05) is 0 Å². The molecule has 0 aliphatic carbocycles. The first-order chi connectivity index (χ1) is 5.39. The predicted octanol–water partition coefficient (Wildman–Crippen LogP) is 1.90. The third-order valence-electron chi connectivity index (χ3n) is 1.31. The Labute approximate surface area is 75.7 Å². The van der Waals surface area contributed by atoms with E-state index in [2.05, 4.69) is 0 Å². The predicted molar refractivity (Wildman–Crippen MR) is 46.0 cm³/mol. The van der Waals surface area contributed by atoms with Crippen LogP contribution in [0.1, 0.15) is 5.56 Å². The van der Waals surface area contributed by atoms with E-state index in [-0.39, 0.29) is 4.90 Å². The second-order valence-corrected chi connectivity index (χ2v) is 4.30. The Morgan fingerprint density at radius 1 is 1.33 bits per heavy atom. The van der Waals surface area contributed by atoms with Crippen LogP contribution in [0, 0.1) is 6.92 Å². The van der Waals surface area contributed by atoms with Crippen molar-refractivity contribution in [2.24, 2.45) is 0 Å². The van der Waals surface area contributed by atoms with Crippen molar-refractivity contribution in [1.82, 2.24) is 0 Å². The molecule has 0 saturated carbocycles.